The number of nitrogens with one attached hydrogen (secondary N) is 1. The minimum atomic E-state index is -0.0694. The molecule has 0 bridgehead atoms. The van der Waals surface area contributed by atoms with E-state index in [4.69, 9.17) is 22.0 Å². The number of rotatable bonds is 8. The van der Waals surface area contributed by atoms with E-state index in [-0.39, 0.29) is 16.8 Å². The molecule has 2 aliphatic heterocycles. The standard InChI is InChI=1S/C27H37ClN5PS/c1-4-7-20(16(2)19-9-5-10-22-24(19)21(15-29)27(34)35-22)25(30)26-31-17(14-23(28)32-26)11-12-18-8-6-13-33(18)3/h14,18-19,21,27,30H,4-13,34H2,1-3H3/b20-16+,30-25?/t18-,19+,21?,27?/m0/s1. The predicted molar refractivity (Wildman–Crippen MR) is 150 cm³/mol. The minimum Gasteiger partial charge on any atom is -0.303 e. The first-order valence-electron chi connectivity index (χ1n) is 12.9. The van der Waals surface area contributed by atoms with E-state index in [1.807, 2.05) is 17.8 Å². The zero-order valence-electron chi connectivity index (χ0n) is 21.1. The van der Waals surface area contributed by atoms with Crippen molar-refractivity contribution in [3.8, 4) is 6.07 Å². The van der Waals surface area contributed by atoms with Crippen LogP contribution in [0.5, 0.6) is 0 Å². The van der Waals surface area contributed by atoms with E-state index in [0.29, 0.717) is 22.7 Å². The van der Waals surface area contributed by atoms with Gasteiger partial charge in [-0.1, -0.05) is 30.5 Å². The lowest BCUT2D eigenvalue weighted by Crippen LogP contribution is -2.25. The van der Waals surface area contributed by atoms with Gasteiger partial charge in [-0.05, 0) is 94.0 Å². The lowest BCUT2D eigenvalue weighted by molar-refractivity contribution is 0.296. The van der Waals surface area contributed by atoms with Gasteiger partial charge in [0.05, 0.1) is 12.0 Å². The molecule has 1 aliphatic carbocycles. The van der Waals surface area contributed by atoms with Crippen LogP contribution < -0.4 is 0 Å². The van der Waals surface area contributed by atoms with Crippen molar-refractivity contribution in [3.63, 3.8) is 0 Å². The molecule has 3 unspecified atom stereocenters. The van der Waals surface area contributed by atoms with Crippen molar-refractivity contribution in [3.05, 3.63) is 44.4 Å². The van der Waals surface area contributed by atoms with E-state index in [0.717, 1.165) is 62.8 Å². The second-order valence-electron chi connectivity index (χ2n) is 10.1. The monoisotopic (exact) mass is 529 g/mol. The first-order valence-corrected chi connectivity index (χ1v) is 14.8. The average molecular weight is 530 g/mol. The van der Waals surface area contributed by atoms with Gasteiger partial charge in [-0.2, -0.15) is 5.26 Å². The number of hydrogen-bond donors (Lipinski definition) is 1. The molecule has 35 heavy (non-hydrogen) atoms. The molecule has 0 radical (unpaired) electrons. The maximum atomic E-state index is 9.90. The largest absolute Gasteiger partial charge is 0.303 e. The number of aromatic nitrogens is 2. The van der Waals surface area contributed by atoms with Crippen LogP contribution in [0.3, 0.4) is 0 Å². The SMILES string of the molecule is CCC/C(C(=N)c1nc(Cl)cc(CC[C@@H]2CCCN2C)n1)=C(/C)[C@H]1CCCC2=C1C(C#N)C(P)S2. The molecule has 3 heterocycles. The minimum absolute atomic E-state index is 0.0694. The molecular formula is C27H37ClN5PS. The summed E-state index contributed by atoms with van der Waals surface area (Å²) in [5.74, 6) is 0.585. The summed E-state index contributed by atoms with van der Waals surface area (Å²) in [6, 6.07) is 5.01. The van der Waals surface area contributed by atoms with Gasteiger partial charge in [0.15, 0.2) is 5.82 Å². The van der Waals surface area contributed by atoms with Crippen LogP contribution in [0.25, 0.3) is 0 Å². The highest BCUT2D eigenvalue weighted by Gasteiger charge is 2.40. The van der Waals surface area contributed by atoms with E-state index in [2.05, 4.69) is 46.1 Å². The summed E-state index contributed by atoms with van der Waals surface area (Å²) in [7, 11) is 5.06. The number of aryl methyl sites for hydroxylation is 1. The quantitative estimate of drug-likeness (QED) is 0.228. The van der Waals surface area contributed by atoms with Crippen molar-refractivity contribution in [2.45, 2.75) is 82.7 Å². The molecule has 3 aliphatic rings. The van der Waals surface area contributed by atoms with Gasteiger partial charge in [0, 0.05) is 22.6 Å². The Bertz CT molecular complexity index is 1080. The van der Waals surface area contributed by atoms with Gasteiger partial charge in [-0.25, -0.2) is 9.97 Å². The normalized spacial score (nSPS) is 27.5. The van der Waals surface area contributed by atoms with Gasteiger partial charge in [-0.15, -0.1) is 21.0 Å². The molecule has 1 saturated heterocycles. The van der Waals surface area contributed by atoms with Crippen molar-refractivity contribution in [1.82, 2.24) is 14.9 Å². The number of halogens is 1. The molecule has 0 saturated carbocycles. The van der Waals surface area contributed by atoms with E-state index in [9.17, 15) is 5.26 Å². The lowest BCUT2D eigenvalue weighted by Gasteiger charge is -2.29. The highest BCUT2D eigenvalue weighted by molar-refractivity contribution is 8.07. The Kier molecular flexibility index (Phi) is 9.09. The van der Waals surface area contributed by atoms with Gasteiger partial charge in [0.2, 0.25) is 0 Å². The second kappa shape index (κ2) is 11.9. The molecule has 0 spiro atoms. The highest BCUT2D eigenvalue weighted by Crippen LogP contribution is 2.54. The molecule has 188 valence electrons. The van der Waals surface area contributed by atoms with Crippen molar-refractivity contribution in [2.75, 3.05) is 13.6 Å². The molecule has 0 aromatic carbocycles. The Morgan fingerprint density at radius 1 is 1.34 bits per heavy atom. The average Bonchev–Trinajstić information content (AvgIpc) is 3.40. The van der Waals surface area contributed by atoms with Crippen molar-refractivity contribution in [1.29, 1.82) is 10.7 Å². The summed E-state index contributed by atoms with van der Waals surface area (Å²) >= 11 is 8.28. The molecule has 5 nitrogen and oxygen atoms in total. The van der Waals surface area contributed by atoms with E-state index >= 15 is 0 Å². The van der Waals surface area contributed by atoms with Crippen LogP contribution in [0.2, 0.25) is 5.15 Å². The van der Waals surface area contributed by atoms with Gasteiger partial charge >= 0.3 is 0 Å². The third-order valence-corrected chi connectivity index (χ3v) is 10.1. The van der Waals surface area contributed by atoms with Gasteiger partial charge < -0.3 is 4.90 Å². The van der Waals surface area contributed by atoms with Crippen molar-refractivity contribution in [2.24, 2.45) is 11.8 Å². The van der Waals surface area contributed by atoms with Gasteiger partial charge in [0.25, 0.3) is 0 Å². The van der Waals surface area contributed by atoms with Crippen LogP contribution in [0, 0.1) is 28.6 Å². The number of thioether (sulfide) groups is 1. The maximum absolute atomic E-state index is 9.90. The van der Waals surface area contributed by atoms with Crippen LogP contribution in [-0.4, -0.2) is 45.2 Å². The van der Waals surface area contributed by atoms with Crippen LogP contribution in [0.1, 0.15) is 76.7 Å². The molecule has 1 fully saturated rings. The van der Waals surface area contributed by atoms with E-state index in [1.54, 1.807) is 0 Å². The molecule has 1 aromatic rings. The predicted octanol–water partition coefficient (Wildman–Crippen LogP) is 6.78. The summed E-state index contributed by atoms with van der Waals surface area (Å²) in [6.45, 7) is 5.48. The molecule has 4 rings (SSSR count). The summed E-state index contributed by atoms with van der Waals surface area (Å²) in [5, 5.41) is 19.5. The number of nitrogens with zero attached hydrogens (tertiary/aromatic N) is 4. The number of allylic oxidation sites excluding steroid dienone is 4. The fourth-order valence-corrected chi connectivity index (χ4v) is 8.29. The zero-order valence-corrected chi connectivity index (χ0v) is 23.8. The van der Waals surface area contributed by atoms with Gasteiger partial charge in [0.1, 0.15) is 10.9 Å². The fraction of sp³-hybridized carbons (Fsp3) is 0.630. The Hall–Kier alpha value is -1.25. The molecular weight excluding hydrogens is 493 g/mol. The number of hydrogen-bond acceptors (Lipinski definition) is 6. The summed E-state index contributed by atoms with van der Waals surface area (Å²) in [5.41, 5.74) is 4.84. The smallest absolute Gasteiger partial charge is 0.179 e. The summed E-state index contributed by atoms with van der Waals surface area (Å²) < 4.78 is 0. The zero-order chi connectivity index (χ0) is 25.1. The van der Waals surface area contributed by atoms with E-state index < -0.39 is 0 Å². The van der Waals surface area contributed by atoms with Gasteiger partial charge in [-0.3, -0.25) is 5.41 Å². The Morgan fingerprint density at radius 2 is 2.14 bits per heavy atom. The molecule has 5 atom stereocenters. The first kappa shape index (κ1) is 26.8. The summed E-state index contributed by atoms with van der Waals surface area (Å²) in [6.07, 6.45) is 9.38. The lowest BCUT2D eigenvalue weighted by atomic mass is 9.75. The highest BCUT2D eigenvalue weighted by atomic mass is 35.5. The van der Waals surface area contributed by atoms with Crippen LogP contribution in [-0.2, 0) is 6.42 Å². The Morgan fingerprint density at radius 3 is 2.83 bits per heavy atom. The first-order chi connectivity index (χ1) is 16.8. The van der Waals surface area contributed by atoms with Crippen molar-refractivity contribution < 1.29 is 0 Å². The Labute approximate surface area is 221 Å². The summed E-state index contributed by atoms with van der Waals surface area (Å²) in [4.78, 5) is 13.4. The number of likely N-dealkylation sites (tertiary alicyclic amines) is 1. The van der Waals surface area contributed by atoms with Crippen LogP contribution >= 0.6 is 32.6 Å². The third-order valence-electron chi connectivity index (χ3n) is 7.85. The molecule has 8 heteroatoms. The van der Waals surface area contributed by atoms with E-state index in [1.165, 1.54) is 28.9 Å². The second-order valence-corrected chi connectivity index (χ2v) is 13.0. The molecule has 1 aromatic heterocycles. The fourth-order valence-electron chi connectivity index (χ4n) is 5.96. The third kappa shape index (κ3) is 5.85. The van der Waals surface area contributed by atoms with Crippen LogP contribution in [0.15, 0.2) is 27.7 Å². The Balaban J connectivity index is 1.62. The molecule has 0 amide bonds. The molecule has 1 N–H and O–H groups in total. The maximum Gasteiger partial charge on any atom is 0.179 e. The number of nitriles is 1. The topological polar surface area (TPSA) is 76.7 Å². The van der Waals surface area contributed by atoms with Crippen molar-refractivity contribution >= 4 is 38.3 Å². The van der Waals surface area contributed by atoms with Crippen LogP contribution in [0.4, 0.5) is 0 Å².